The van der Waals surface area contributed by atoms with Crippen LogP contribution in [0.25, 0.3) is 10.4 Å². The minimum absolute atomic E-state index is 0.628. The lowest BCUT2D eigenvalue weighted by atomic mass is 10.2. The van der Waals surface area contributed by atoms with E-state index in [9.17, 15) is 0 Å². The van der Waals surface area contributed by atoms with Crippen molar-refractivity contribution >= 4 is 0 Å². The van der Waals surface area contributed by atoms with Crippen molar-refractivity contribution in [3.63, 3.8) is 0 Å². The topological polar surface area (TPSA) is 55.2 Å². The summed E-state index contributed by atoms with van der Waals surface area (Å²) in [6, 6.07) is 0.731. The molecule has 0 spiro atoms. The summed E-state index contributed by atoms with van der Waals surface area (Å²) in [6.07, 6.45) is 2.26. The van der Waals surface area contributed by atoms with E-state index < -0.39 is 0 Å². The minimum Gasteiger partial charge on any atom is -0.302 e. The molecule has 0 amide bonds. The number of nitrogens with zero attached hydrogens (tertiary/aromatic N) is 5. The Bertz CT molecular complexity index is 233. The molecule has 0 aliphatic carbocycles. The number of azide groups is 1. The maximum Gasteiger partial charge on any atom is 0.0270 e. The van der Waals surface area contributed by atoms with Gasteiger partial charge >= 0.3 is 0 Å². The largest absolute Gasteiger partial charge is 0.302 e. The zero-order valence-corrected chi connectivity index (χ0v) is 10.5. The quantitative estimate of drug-likeness (QED) is 0.288. The Morgan fingerprint density at radius 2 is 2.19 bits per heavy atom. The lowest BCUT2D eigenvalue weighted by Crippen LogP contribution is -2.37. The first kappa shape index (κ1) is 13.3. The number of likely N-dealkylation sites (N-methyl/N-ethyl adjacent to an activating group) is 1. The Hall–Kier alpha value is -0.770. The van der Waals surface area contributed by atoms with Crippen LogP contribution in [0.1, 0.15) is 26.7 Å². The molecule has 1 unspecified atom stereocenters. The predicted octanol–water partition coefficient (Wildman–Crippen LogP) is 2.10. The summed E-state index contributed by atoms with van der Waals surface area (Å²) in [7, 11) is 0. The smallest absolute Gasteiger partial charge is 0.0270 e. The van der Waals surface area contributed by atoms with Gasteiger partial charge in [-0.3, -0.25) is 4.90 Å². The molecule has 5 heteroatoms. The van der Waals surface area contributed by atoms with Crippen molar-refractivity contribution in [1.29, 1.82) is 0 Å². The first-order valence-electron chi connectivity index (χ1n) is 6.29. The van der Waals surface area contributed by atoms with E-state index in [4.69, 9.17) is 5.53 Å². The van der Waals surface area contributed by atoms with Gasteiger partial charge in [0.05, 0.1) is 0 Å². The normalized spacial score (nSPS) is 21.3. The molecule has 0 saturated carbocycles. The van der Waals surface area contributed by atoms with Crippen molar-refractivity contribution in [2.24, 2.45) is 5.11 Å². The maximum absolute atomic E-state index is 8.17. The monoisotopic (exact) mass is 225 g/mol. The van der Waals surface area contributed by atoms with E-state index in [0.717, 1.165) is 32.1 Å². The van der Waals surface area contributed by atoms with Crippen LogP contribution in [0.5, 0.6) is 0 Å². The van der Waals surface area contributed by atoms with Crippen LogP contribution in [0.3, 0.4) is 0 Å². The number of hydrogen-bond acceptors (Lipinski definition) is 3. The summed E-state index contributed by atoms with van der Waals surface area (Å²) in [4.78, 5) is 7.78. The van der Waals surface area contributed by atoms with Crippen LogP contribution in [0.15, 0.2) is 5.11 Å². The fourth-order valence-corrected chi connectivity index (χ4v) is 2.46. The van der Waals surface area contributed by atoms with Gasteiger partial charge in [0.15, 0.2) is 0 Å². The highest BCUT2D eigenvalue weighted by Crippen LogP contribution is 2.15. The van der Waals surface area contributed by atoms with Gasteiger partial charge in [0.2, 0.25) is 0 Å². The predicted molar refractivity (Wildman–Crippen MR) is 66.4 cm³/mol. The van der Waals surface area contributed by atoms with Crippen molar-refractivity contribution in [3.8, 4) is 0 Å². The van der Waals surface area contributed by atoms with Gasteiger partial charge in [-0.1, -0.05) is 19.0 Å². The third kappa shape index (κ3) is 4.00. The molecule has 16 heavy (non-hydrogen) atoms. The Morgan fingerprint density at radius 3 is 2.81 bits per heavy atom. The zero-order valence-electron chi connectivity index (χ0n) is 10.5. The van der Waals surface area contributed by atoms with E-state index in [1.165, 1.54) is 19.5 Å². The van der Waals surface area contributed by atoms with Crippen molar-refractivity contribution in [3.05, 3.63) is 10.4 Å². The zero-order chi connectivity index (χ0) is 11.8. The van der Waals surface area contributed by atoms with Crippen LogP contribution >= 0.6 is 0 Å². The summed E-state index contributed by atoms with van der Waals surface area (Å²) < 4.78 is 0. The molecule has 1 heterocycles. The molecule has 5 nitrogen and oxygen atoms in total. The molecule has 1 atom stereocenters. The van der Waals surface area contributed by atoms with Gasteiger partial charge in [-0.15, -0.1) is 0 Å². The summed E-state index contributed by atoms with van der Waals surface area (Å²) >= 11 is 0. The molecule has 1 rings (SSSR count). The number of hydrogen-bond donors (Lipinski definition) is 0. The molecule has 1 saturated heterocycles. The molecule has 0 bridgehead atoms. The highest BCUT2D eigenvalue weighted by atomic mass is 15.2. The van der Waals surface area contributed by atoms with Crippen LogP contribution in [0.2, 0.25) is 0 Å². The third-order valence-corrected chi connectivity index (χ3v) is 3.37. The summed E-state index contributed by atoms with van der Waals surface area (Å²) in [5, 5.41) is 3.56. The first-order valence-corrected chi connectivity index (χ1v) is 6.29. The average Bonchev–Trinajstić information content (AvgIpc) is 2.75. The van der Waals surface area contributed by atoms with Crippen molar-refractivity contribution in [2.45, 2.75) is 32.7 Å². The fraction of sp³-hybridized carbons (Fsp3) is 1.00. The van der Waals surface area contributed by atoms with Gasteiger partial charge in [-0.2, -0.15) is 0 Å². The molecule has 1 aliphatic heterocycles. The minimum atomic E-state index is 0.628. The van der Waals surface area contributed by atoms with E-state index in [0.29, 0.717) is 6.54 Å². The number of rotatable bonds is 7. The molecular formula is C11H23N5. The average molecular weight is 225 g/mol. The Labute approximate surface area is 98.0 Å². The van der Waals surface area contributed by atoms with Crippen molar-refractivity contribution in [1.82, 2.24) is 9.80 Å². The highest BCUT2D eigenvalue weighted by Gasteiger charge is 2.25. The second-order valence-corrected chi connectivity index (χ2v) is 4.27. The van der Waals surface area contributed by atoms with Gasteiger partial charge in [-0.25, -0.2) is 0 Å². The van der Waals surface area contributed by atoms with Gasteiger partial charge in [0.25, 0.3) is 0 Å². The molecule has 0 N–H and O–H groups in total. The molecule has 1 fully saturated rings. The number of likely N-dealkylation sites (tertiary alicyclic amines) is 1. The van der Waals surface area contributed by atoms with Crippen LogP contribution in [0, 0.1) is 0 Å². The molecular weight excluding hydrogens is 202 g/mol. The van der Waals surface area contributed by atoms with E-state index in [1.807, 2.05) is 0 Å². The van der Waals surface area contributed by atoms with E-state index >= 15 is 0 Å². The second-order valence-electron chi connectivity index (χ2n) is 4.27. The van der Waals surface area contributed by atoms with Gasteiger partial charge in [0.1, 0.15) is 0 Å². The maximum atomic E-state index is 8.17. The molecule has 1 aliphatic rings. The van der Waals surface area contributed by atoms with Crippen LogP contribution in [-0.4, -0.2) is 55.1 Å². The Kier molecular flexibility index (Phi) is 6.23. The van der Waals surface area contributed by atoms with Crippen molar-refractivity contribution in [2.75, 3.05) is 39.3 Å². The second kappa shape index (κ2) is 7.49. The van der Waals surface area contributed by atoms with Crippen LogP contribution in [-0.2, 0) is 0 Å². The molecule has 0 aromatic rings. The van der Waals surface area contributed by atoms with E-state index in [1.54, 1.807) is 0 Å². The Morgan fingerprint density at radius 1 is 1.44 bits per heavy atom. The van der Waals surface area contributed by atoms with Gasteiger partial charge < -0.3 is 4.90 Å². The van der Waals surface area contributed by atoms with E-state index in [-0.39, 0.29) is 0 Å². The molecule has 0 radical (unpaired) electrons. The fourth-order valence-electron chi connectivity index (χ4n) is 2.46. The van der Waals surface area contributed by atoms with Gasteiger partial charge in [-0.05, 0) is 44.6 Å². The molecule has 92 valence electrons. The summed E-state index contributed by atoms with van der Waals surface area (Å²) in [5.74, 6) is 0. The third-order valence-electron chi connectivity index (χ3n) is 3.37. The first-order chi connectivity index (χ1) is 7.81. The lowest BCUT2D eigenvalue weighted by Gasteiger charge is -2.26. The van der Waals surface area contributed by atoms with Gasteiger partial charge in [0, 0.05) is 24.0 Å². The van der Waals surface area contributed by atoms with E-state index in [2.05, 4.69) is 33.7 Å². The summed E-state index contributed by atoms with van der Waals surface area (Å²) in [6.45, 7) is 10.8. The standard InChI is InChI=1S/C11H23N5/c1-3-16(4-2)11-6-9-15(10-11)8-5-7-13-14-12/h11H,3-10H2,1-2H3. The van der Waals surface area contributed by atoms with Crippen molar-refractivity contribution < 1.29 is 0 Å². The molecule has 0 aromatic heterocycles. The summed E-state index contributed by atoms with van der Waals surface area (Å²) in [5.41, 5.74) is 8.17. The SMILES string of the molecule is CCN(CC)C1CCN(CCCN=[N+]=[N-])C1. The van der Waals surface area contributed by atoms with Crippen LogP contribution < -0.4 is 0 Å². The highest BCUT2D eigenvalue weighted by molar-refractivity contribution is 4.82. The lowest BCUT2D eigenvalue weighted by molar-refractivity contribution is 0.210. The van der Waals surface area contributed by atoms with Crippen LogP contribution in [0.4, 0.5) is 0 Å². The Balaban J connectivity index is 2.21. The molecule has 0 aromatic carbocycles.